The first-order chi connectivity index (χ1) is 9.61. The Labute approximate surface area is 114 Å². The Balaban J connectivity index is 2.00. The largest absolute Gasteiger partial charge is 0.467 e. The summed E-state index contributed by atoms with van der Waals surface area (Å²) < 4.78 is 15.3. The van der Waals surface area contributed by atoms with E-state index >= 15 is 0 Å². The van der Waals surface area contributed by atoms with Crippen LogP contribution in [0.4, 0.5) is 5.95 Å². The second-order valence-corrected chi connectivity index (χ2v) is 4.00. The minimum atomic E-state index is -0.504. The molecule has 0 aliphatic rings. The summed E-state index contributed by atoms with van der Waals surface area (Å²) in [6.07, 6.45) is 1.34. The summed E-state index contributed by atoms with van der Waals surface area (Å²) in [5.41, 5.74) is 0.221. The van der Waals surface area contributed by atoms with Gasteiger partial charge in [-0.2, -0.15) is 10.1 Å². The maximum atomic E-state index is 11.6. The van der Waals surface area contributed by atoms with Crippen LogP contribution in [0.25, 0.3) is 0 Å². The van der Waals surface area contributed by atoms with Crippen LogP contribution in [-0.2, 0) is 11.3 Å². The minimum absolute atomic E-state index is 0.0233. The molecule has 0 saturated carbocycles. The molecule has 108 valence electrons. The van der Waals surface area contributed by atoms with Gasteiger partial charge >= 0.3 is 5.97 Å². The molecule has 9 heteroatoms. The van der Waals surface area contributed by atoms with Crippen LogP contribution in [0, 0.1) is 0 Å². The highest BCUT2D eigenvalue weighted by atomic mass is 16.5. The van der Waals surface area contributed by atoms with Gasteiger partial charge < -0.3 is 18.9 Å². The Morgan fingerprint density at radius 1 is 1.50 bits per heavy atom. The number of carbonyl (C=O) groups is 1. The molecule has 20 heavy (non-hydrogen) atoms. The van der Waals surface area contributed by atoms with Crippen LogP contribution in [0.2, 0.25) is 0 Å². The van der Waals surface area contributed by atoms with Crippen LogP contribution < -0.4 is 9.64 Å². The number of ether oxygens (including phenoxy) is 2. The fourth-order valence-corrected chi connectivity index (χ4v) is 1.36. The van der Waals surface area contributed by atoms with E-state index in [1.807, 2.05) is 0 Å². The number of esters is 1. The van der Waals surface area contributed by atoms with Crippen molar-refractivity contribution in [1.82, 2.24) is 20.3 Å². The first-order valence-corrected chi connectivity index (χ1v) is 5.95. The van der Waals surface area contributed by atoms with Crippen molar-refractivity contribution in [2.24, 2.45) is 0 Å². The van der Waals surface area contributed by atoms with Gasteiger partial charge in [0.25, 0.3) is 11.8 Å². The lowest BCUT2D eigenvalue weighted by molar-refractivity contribution is 0.0520. The van der Waals surface area contributed by atoms with Crippen molar-refractivity contribution >= 4 is 11.9 Å². The van der Waals surface area contributed by atoms with Crippen LogP contribution in [-0.4, -0.2) is 47.0 Å². The number of rotatable bonds is 6. The van der Waals surface area contributed by atoms with Crippen molar-refractivity contribution in [3.05, 3.63) is 17.7 Å². The van der Waals surface area contributed by atoms with Crippen molar-refractivity contribution in [1.29, 1.82) is 0 Å². The maximum Gasteiger partial charge on any atom is 0.345 e. The third kappa shape index (κ3) is 3.05. The lowest BCUT2D eigenvalue weighted by Gasteiger charge is -2.04. The molecule has 2 heterocycles. The first-order valence-electron chi connectivity index (χ1n) is 5.95. The maximum absolute atomic E-state index is 11.6. The fraction of sp³-hybridized carbons (Fsp3) is 0.455. The molecule has 2 aromatic heterocycles. The van der Waals surface area contributed by atoms with Gasteiger partial charge in [-0.05, 0) is 12.1 Å². The van der Waals surface area contributed by atoms with E-state index in [2.05, 4.69) is 20.3 Å². The van der Waals surface area contributed by atoms with Crippen LogP contribution in [0.1, 0.15) is 23.2 Å². The van der Waals surface area contributed by atoms with Crippen LogP contribution in [0.5, 0.6) is 5.88 Å². The highest BCUT2D eigenvalue weighted by Gasteiger charge is 2.17. The number of aromatic amines is 1. The average molecular weight is 281 g/mol. The molecule has 0 aromatic carbocycles. The topological polar surface area (TPSA) is 106 Å². The second-order valence-electron chi connectivity index (χ2n) is 4.00. The zero-order chi connectivity index (χ0) is 14.5. The molecule has 2 aromatic rings. The van der Waals surface area contributed by atoms with E-state index in [9.17, 15) is 4.79 Å². The molecular formula is C11H15N5O4. The average Bonchev–Trinajstić information content (AvgIpc) is 3.05. The minimum Gasteiger partial charge on any atom is -0.467 e. The number of nitrogens with zero attached hydrogens (tertiary/aromatic N) is 4. The predicted molar refractivity (Wildman–Crippen MR) is 67.5 cm³/mol. The molecule has 0 unspecified atom stereocenters. The van der Waals surface area contributed by atoms with Crippen molar-refractivity contribution in [2.45, 2.75) is 13.5 Å². The first kappa shape index (κ1) is 13.8. The number of aromatic nitrogens is 4. The van der Waals surface area contributed by atoms with E-state index in [0.717, 1.165) is 0 Å². The van der Waals surface area contributed by atoms with E-state index in [1.54, 1.807) is 25.9 Å². The van der Waals surface area contributed by atoms with E-state index in [0.29, 0.717) is 5.95 Å². The molecular weight excluding hydrogens is 266 g/mol. The second kappa shape index (κ2) is 6.04. The molecule has 0 fully saturated rings. The lowest BCUT2D eigenvalue weighted by atomic mass is 10.3. The van der Waals surface area contributed by atoms with Crippen LogP contribution in [0.3, 0.4) is 0 Å². The summed E-state index contributed by atoms with van der Waals surface area (Å²) in [7, 11) is 3.59. The summed E-state index contributed by atoms with van der Waals surface area (Å²) in [6, 6.07) is 0. The van der Waals surface area contributed by atoms with Gasteiger partial charge in [-0.15, -0.1) is 0 Å². The number of carbonyl (C=O) groups excluding carboxylic acids is 1. The molecule has 2 rings (SSSR count). The van der Waals surface area contributed by atoms with Crippen molar-refractivity contribution in [2.75, 3.05) is 25.6 Å². The van der Waals surface area contributed by atoms with Gasteiger partial charge in [0.2, 0.25) is 5.88 Å². The number of hydrogen-bond donors (Lipinski definition) is 1. The molecule has 1 N–H and O–H groups in total. The SMILES string of the molecule is CCOC(=O)c1cn[nH]c1OCc1nc(N(C)C)no1. The van der Waals surface area contributed by atoms with Crippen LogP contribution >= 0.6 is 0 Å². The van der Waals surface area contributed by atoms with Gasteiger partial charge in [-0.3, -0.25) is 0 Å². The zero-order valence-electron chi connectivity index (χ0n) is 11.4. The molecule has 0 saturated heterocycles. The van der Waals surface area contributed by atoms with Crippen molar-refractivity contribution < 1.29 is 18.8 Å². The Bertz CT molecular complexity index is 577. The Kier molecular flexibility index (Phi) is 4.18. The summed E-state index contributed by atoms with van der Waals surface area (Å²) in [5.74, 6) is 0.431. The van der Waals surface area contributed by atoms with E-state index in [-0.39, 0.29) is 30.5 Å². The highest BCUT2D eigenvalue weighted by molar-refractivity contribution is 5.91. The Morgan fingerprint density at radius 3 is 2.95 bits per heavy atom. The lowest BCUT2D eigenvalue weighted by Crippen LogP contribution is -2.10. The summed E-state index contributed by atoms with van der Waals surface area (Å²) in [5, 5.41) is 10.1. The summed E-state index contributed by atoms with van der Waals surface area (Å²) >= 11 is 0. The number of H-pyrrole nitrogens is 1. The predicted octanol–water partition coefficient (Wildman–Crippen LogP) is 0.614. The smallest absolute Gasteiger partial charge is 0.345 e. The van der Waals surface area contributed by atoms with Gasteiger partial charge in [0.1, 0.15) is 5.56 Å². The molecule has 9 nitrogen and oxygen atoms in total. The molecule has 0 radical (unpaired) electrons. The van der Waals surface area contributed by atoms with Gasteiger partial charge in [0.05, 0.1) is 12.8 Å². The molecule has 0 spiro atoms. The van der Waals surface area contributed by atoms with E-state index < -0.39 is 5.97 Å². The number of hydrogen-bond acceptors (Lipinski definition) is 8. The highest BCUT2D eigenvalue weighted by Crippen LogP contribution is 2.17. The fourth-order valence-electron chi connectivity index (χ4n) is 1.36. The van der Waals surface area contributed by atoms with Crippen molar-refractivity contribution in [3.8, 4) is 5.88 Å². The van der Waals surface area contributed by atoms with Crippen LogP contribution in [0.15, 0.2) is 10.7 Å². The van der Waals surface area contributed by atoms with Gasteiger partial charge in [-0.25, -0.2) is 9.89 Å². The zero-order valence-corrected chi connectivity index (χ0v) is 11.4. The van der Waals surface area contributed by atoms with E-state index in [4.69, 9.17) is 14.0 Å². The third-order valence-corrected chi connectivity index (χ3v) is 2.30. The molecule has 0 aliphatic heterocycles. The number of nitrogens with one attached hydrogen (secondary N) is 1. The van der Waals surface area contributed by atoms with Crippen molar-refractivity contribution in [3.63, 3.8) is 0 Å². The standard InChI is InChI=1S/C11H15N5O4/c1-4-18-10(17)7-5-12-14-9(7)19-6-8-13-11(15-20-8)16(2)3/h5H,4,6H2,1-3H3,(H,12,14). The molecule has 0 amide bonds. The molecule has 0 aliphatic carbocycles. The van der Waals surface area contributed by atoms with Gasteiger partial charge in [-0.1, -0.05) is 0 Å². The third-order valence-electron chi connectivity index (χ3n) is 2.30. The number of anilines is 1. The molecule has 0 atom stereocenters. The van der Waals surface area contributed by atoms with E-state index in [1.165, 1.54) is 6.20 Å². The summed E-state index contributed by atoms with van der Waals surface area (Å²) in [4.78, 5) is 17.4. The quantitative estimate of drug-likeness (QED) is 0.768. The Hall–Kier alpha value is -2.58. The summed E-state index contributed by atoms with van der Waals surface area (Å²) in [6.45, 7) is 2.02. The molecule has 0 bridgehead atoms. The monoisotopic (exact) mass is 281 g/mol. The van der Waals surface area contributed by atoms with Gasteiger partial charge in [0, 0.05) is 14.1 Å². The Morgan fingerprint density at radius 2 is 2.30 bits per heavy atom. The normalized spacial score (nSPS) is 10.3. The van der Waals surface area contributed by atoms with Gasteiger partial charge in [0.15, 0.2) is 6.61 Å².